The van der Waals surface area contributed by atoms with Gasteiger partial charge in [0.25, 0.3) is 11.6 Å². The zero-order chi connectivity index (χ0) is 20.2. The first-order valence-electron chi connectivity index (χ1n) is 9.69. The number of carbonyl (C=O) groups excluding carboxylic acids is 1. The summed E-state index contributed by atoms with van der Waals surface area (Å²) in [6.45, 7) is 0. The van der Waals surface area contributed by atoms with Crippen LogP contribution in [0.25, 0.3) is 11.3 Å². The van der Waals surface area contributed by atoms with Crippen LogP contribution in [0.1, 0.15) is 47.5 Å². The van der Waals surface area contributed by atoms with E-state index in [2.05, 4.69) is 10.3 Å². The summed E-state index contributed by atoms with van der Waals surface area (Å²) in [4.78, 5) is 28.5. The third-order valence-electron chi connectivity index (χ3n) is 5.16. The monoisotopic (exact) mass is 411 g/mol. The number of thiazole rings is 1. The summed E-state index contributed by atoms with van der Waals surface area (Å²) < 4.78 is 5.61. The SMILES string of the molecule is O=C(Nc1ncc(CC2CCCCC2)s1)c1ccc(-c2cccc([N+](=O)[O-])c2)o1. The Morgan fingerprint density at radius 3 is 2.86 bits per heavy atom. The van der Waals surface area contributed by atoms with Gasteiger partial charge in [0.2, 0.25) is 0 Å². The molecule has 1 N–H and O–H groups in total. The molecule has 2 aromatic heterocycles. The van der Waals surface area contributed by atoms with E-state index < -0.39 is 4.92 Å². The maximum absolute atomic E-state index is 12.5. The lowest BCUT2D eigenvalue weighted by atomic mass is 9.87. The summed E-state index contributed by atoms with van der Waals surface area (Å²) in [5.41, 5.74) is 0.514. The molecule has 3 aromatic rings. The number of furan rings is 1. The van der Waals surface area contributed by atoms with Gasteiger partial charge < -0.3 is 4.42 Å². The van der Waals surface area contributed by atoms with Gasteiger partial charge in [0, 0.05) is 28.8 Å². The van der Waals surface area contributed by atoms with Gasteiger partial charge in [-0.3, -0.25) is 20.2 Å². The van der Waals surface area contributed by atoms with Gasteiger partial charge in [0.05, 0.1) is 4.92 Å². The van der Waals surface area contributed by atoms with Gasteiger partial charge in [0.15, 0.2) is 10.9 Å². The summed E-state index contributed by atoms with van der Waals surface area (Å²) in [7, 11) is 0. The quantitative estimate of drug-likeness (QED) is 0.415. The second-order valence-corrected chi connectivity index (χ2v) is 8.38. The highest BCUT2D eigenvalue weighted by Gasteiger charge is 2.18. The summed E-state index contributed by atoms with van der Waals surface area (Å²) in [5.74, 6) is 0.863. The molecule has 0 atom stereocenters. The number of nitro groups is 1. The van der Waals surface area contributed by atoms with Crippen molar-refractivity contribution in [1.82, 2.24) is 4.98 Å². The molecule has 1 aliphatic carbocycles. The Morgan fingerprint density at radius 2 is 2.07 bits per heavy atom. The Morgan fingerprint density at radius 1 is 1.24 bits per heavy atom. The molecule has 0 aliphatic heterocycles. The highest BCUT2D eigenvalue weighted by atomic mass is 32.1. The normalized spacial score (nSPS) is 14.6. The lowest BCUT2D eigenvalue weighted by molar-refractivity contribution is -0.384. The van der Waals surface area contributed by atoms with Gasteiger partial charge in [-0.15, -0.1) is 11.3 Å². The van der Waals surface area contributed by atoms with Crippen LogP contribution in [-0.2, 0) is 6.42 Å². The number of amides is 1. The van der Waals surface area contributed by atoms with Crippen molar-refractivity contribution in [3.63, 3.8) is 0 Å². The van der Waals surface area contributed by atoms with Crippen LogP contribution in [0.2, 0.25) is 0 Å². The predicted octanol–water partition coefficient (Wildman–Crippen LogP) is 5.69. The number of benzene rings is 1. The fourth-order valence-corrected chi connectivity index (χ4v) is 4.60. The molecule has 0 unspecified atom stereocenters. The van der Waals surface area contributed by atoms with E-state index in [-0.39, 0.29) is 17.4 Å². The Bertz CT molecular complexity index is 1020. The van der Waals surface area contributed by atoms with Crippen molar-refractivity contribution in [2.24, 2.45) is 5.92 Å². The Kier molecular flexibility index (Phi) is 5.71. The minimum absolute atomic E-state index is 0.0295. The first-order valence-corrected chi connectivity index (χ1v) is 10.5. The minimum atomic E-state index is -0.465. The number of rotatable bonds is 6. The van der Waals surface area contributed by atoms with Crippen LogP contribution >= 0.6 is 11.3 Å². The van der Waals surface area contributed by atoms with Gasteiger partial charge in [-0.25, -0.2) is 4.98 Å². The Labute approximate surface area is 171 Å². The van der Waals surface area contributed by atoms with Crippen molar-refractivity contribution in [3.8, 4) is 11.3 Å². The molecule has 1 saturated carbocycles. The molecule has 1 aromatic carbocycles. The molecular weight excluding hydrogens is 390 g/mol. The zero-order valence-electron chi connectivity index (χ0n) is 15.8. The first kappa shape index (κ1) is 19.3. The molecule has 0 radical (unpaired) electrons. The molecular formula is C21H21N3O4S. The molecule has 8 heteroatoms. The van der Waals surface area contributed by atoms with E-state index in [1.807, 2.05) is 6.20 Å². The second-order valence-electron chi connectivity index (χ2n) is 7.27. The van der Waals surface area contributed by atoms with E-state index in [0.29, 0.717) is 16.5 Å². The zero-order valence-corrected chi connectivity index (χ0v) is 16.6. The van der Waals surface area contributed by atoms with Crippen LogP contribution < -0.4 is 5.32 Å². The minimum Gasteiger partial charge on any atom is -0.451 e. The number of anilines is 1. The molecule has 7 nitrogen and oxygen atoms in total. The summed E-state index contributed by atoms with van der Waals surface area (Å²) in [5, 5.41) is 14.3. The molecule has 150 valence electrons. The maximum atomic E-state index is 12.5. The molecule has 1 amide bonds. The molecule has 2 heterocycles. The second kappa shape index (κ2) is 8.57. The summed E-state index contributed by atoms with van der Waals surface area (Å²) >= 11 is 1.50. The Balaban J connectivity index is 1.41. The molecule has 0 saturated heterocycles. The number of hydrogen-bond donors (Lipinski definition) is 1. The van der Waals surface area contributed by atoms with E-state index >= 15 is 0 Å². The van der Waals surface area contributed by atoms with Gasteiger partial charge in [0.1, 0.15) is 5.76 Å². The maximum Gasteiger partial charge on any atom is 0.293 e. The van der Waals surface area contributed by atoms with Crippen molar-refractivity contribution < 1.29 is 14.1 Å². The first-order chi connectivity index (χ1) is 14.1. The van der Waals surface area contributed by atoms with Crippen molar-refractivity contribution in [2.75, 3.05) is 5.32 Å². The molecule has 0 bridgehead atoms. The van der Waals surface area contributed by atoms with Crippen molar-refractivity contribution in [1.29, 1.82) is 0 Å². The number of carbonyl (C=O) groups is 1. The fourth-order valence-electron chi connectivity index (χ4n) is 3.68. The summed E-state index contributed by atoms with van der Waals surface area (Å²) in [6, 6.07) is 9.29. The highest BCUT2D eigenvalue weighted by molar-refractivity contribution is 7.15. The van der Waals surface area contributed by atoms with Gasteiger partial charge >= 0.3 is 0 Å². The van der Waals surface area contributed by atoms with Gasteiger partial charge in [-0.1, -0.05) is 44.2 Å². The number of aromatic nitrogens is 1. The predicted molar refractivity (Wildman–Crippen MR) is 111 cm³/mol. The average Bonchev–Trinajstić information content (AvgIpc) is 3.39. The third kappa shape index (κ3) is 4.71. The van der Waals surface area contributed by atoms with Crippen LogP contribution in [0, 0.1) is 16.0 Å². The van der Waals surface area contributed by atoms with Crippen LogP contribution in [0.3, 0.4) is 0 Å². The molecule has 4 rings (SSSR count). The number of nitrogens with one attached hydrogen (secondary N) is 1. The van der Waals surface area contributed by atoms with Crippen LogP contribution in [0.15, 0.2) is 47.0 Å². The van der Waals surface area contributed by atoms with Crippen LogP contribution in [0.4, 0.5) is 10.8 Å². The van der Waals surface area contributed by atoms with Gasteiger partial charge in [-0.2, -0.15) is 0 Å². The standard InChI is InChI=1S/C21H21N3O4S/c25-20(23-21-22-13-17(29-21)11-14-5-2-1-3-6-14)19-10-9-18(28-19)15-7-4-8-16(12-15)24(26)27/h4,7-10,12-14H,1-3,5-6,11H2,(H,22,23,25). The molecule has 1 fully saturated rings. The lowest BCUT2D eigenvalue weighted by Gasteiger charge is -2.20. The number of hydrogen-bond acceptors (Lipinski definition) is 6. The molecule has 29 heavy (non-hydrogen) atoms. The van der Waals surface area contributed by atoms with E-state index in [4.69, 9.17) is 4.42 Å². The number of non-ortho nitro benzene ring substituents is 1. The number of nitro benzene ring substituents is 1. The smallest absolute Gasteiger partial charge is 0.293 e. The fraction of sp³-hybridized carbons (Fsp3) is 0.333. The molecule has 1 aliphatic rings. The van der Waals surface area contributed by atoms with E-state index in [9.17, 15) is 14.9 Å². The lowest BCUT2D eigenvalue weighted by Crippen LogP contribution is -2.10. The van der Waals surface area contributed by atoms with E-state index in [0.717, 1.165) is 12.3 Å². The Hall–Kier alpha value is -3.00. The largest absolute Gasteiger partial charge is 0.451 e. The van der Waals surface area contributed by atoms with E-state index in [1.165, 1.54) is 60.5 Å². The molecule has 0 spiro atoms. The van der Waals surface area contributed by atoms with Crippen LogP contribution in [-0.4, -0.2) is 15.8 Å². The van der Waals surface area contributed by atoms with Crippen molar-refractivity contribution in [2.45, 2.75) is 38.5 Å². The topological polar surface area (TPSA) is 98.3 Å². The average molecular weight is 411 g/mol. The van der Waals surface area contributed by atoms with Crippen LogP contribution in [0.5, 0.6) is 0 Å². The highest BCUT2D eigenvalue weighted by Crippen LogP contribution is 2.30. The summed E-state index contributed by atoms with van der Waals surface area (Å²) in [6.07, 6.45) is 9.34. The van der Waals surface area contributed by atoms with Crippen molar-refractivity contribution in [3.05, 3.63) is 63.3 Å². The van der Waals surface area contributed by atoms with Crippen molar-refractivity contribution >= 4 is 28.1 Å². The van der Waals surface area contributed by atoms with Gasteiger partial charge in [-0.05, 0) is 24.5 Å². The third-order valence-corrected chi connectivity index (χ3v) is 6.09. The number of nitrogens with zero attached hydrogens (tertiary/aromatic N) is 2. The van der Waals surface area contributed by atoms with E-state index in [1.54, 1.807) is 24.3 Å².